The molecule has 2 aromatic rings. The SMILES string of the molecule is CC(=O)Nc1ccc(C(=O)NCCNC(=O)c2cc(N3CCN(C)CC3)ncn2)cc1. The Bertz CT molecular complexity index is 925. The largest absolute Gasteiger partial charge is 0.354 e. The van der Waals surface area contributed by atoms with Gasteiger partial charge in [0.05, 0.1) is 0 Å². The van der Waals surface area contributed by atoms with E-state index >= 15 is 0 Å². The van der Waals surface area contributed by atoms with Gasteiger partial charge in [-0.15, -0.1) is 0 Å². The van der Waals surface area contributed by atoms with E-state index < -0.39 is 0 Å². The number of likely N-dealkylation sites (N-methyl/N-ethyl adjacent to an activating group) is 1. The summed E-state index contributed by atoms with van der Waals surface area (Å²) in [7, 11) is 2.08. The minimum Gasteiger partial charge on any atom is -0.354 e. The van der Waals surface area contributed by atoms with E-state index in [1.165, 1.54) is 13.3 Å². The molecule has 2 heterocycles. The summed E-state index contributed by atoms with van der Waals surface area (Å²) in [5, 5.41) is 8.15. The lowest BCUT2D eigenvalue weighted by Gasteiger charge is -2.33. The van der Waals surface area contributed by atoms with Gasteiger partial charge in [0, 0.05) is 63.5 Å². The number of carbonyl (C=O) groups is 3. The minimum atomic E-state index is -0.313. The standard InChI is InChI=1S/C21H27N7O3/c1-15(29)26-17-5-3-16(4-6-17)20(30)22-7-8-23-21(31)18-13-19(25-14-24-18)28-11-9-27(2)10-12-28/h3-6,13-14H,7-12H2,1-2H3,(H,22,30)(H,23,31)(H,26,29). The number of anilines is 2. The number of piperazine rings is 1. The van der Waals surface area contributed by atoms with Crippen molar-refractivity contribution in [2.45, 2.75) is 6.92 Å². The Hall–Kier alpha value is -3.53. The van der Waals surface area contributed by atoms with Crippen LogP contribution in [0.5, 0.6) is 0 Å². The van der Waals surface area contributed by atoms with E-state index in [1.54, 1.807) is 30.3 Å². The second-order valence-electron chi connectivity index (χ2n) is 7.32. The van der Waals surface area contributed by atoms with E-state index in [0.717, 1.165) is 32.0 Å². The Labute approximate surface area is 181 Å². The summed E-state index contributed by atoms with van der Waals surface area (Å²) >= 11 is 0. The summed E-state index contributed by atoms with van der Waals surface area (Å²) < 4.78 is 0. The van der Waals surface area contributed by atoms with Crippen LogP contribution in [0.2, 0.25) is 0 Å². The van der Waals surface area contributed by atoms with Crippen LogP contribution in [-0.2, 0) is 4.79 Å². The van der Waals surface area contributed by atoms with Gasteiger partial charge in [0.1, 0.15) is 17.8 Å². The summed E-state index contributed by atoms with van der Waals surface area (Å²) in [6.45, 7) is 5.56. The number of amides is 3. The molecule has 164 valence electrons. The third-order valence-electron chi connectivity index (χ3n) is 4.88. The molecule has 1 aromatic heterocycles. The predicted octanol–water partition coefficient (Wildman–Crippen LogP) is 0.347. The van der Waals surface area contributed by atoms with Gasteiger partial charge in [0.15, 0.2) is 0 Å². The molecule has 0 spiro atoms. The van der Waals surface area contributed by atoms with Crippen LogP contribution in [0, 0.1) is 0 Å². The first-order valence-corrected chi connectivity index (χ1v) is 10.1. The molecular weight excluding hydrogens is 398 g/mol. The van der Waals surface area contributed by atoms with Gasteiger partial charge in [-0.2, -0.15) is 0 Å². The molecule has 3 rings (SSSR count). The van der Waals surface area contributed by atoms with Gasteiger partial charge in [-0.25, -0.2) is 9.97 Å². The van der Waals surface area contributed by atoms with Crippen LogP contribution >= 0.6 is 0 Å². The highest BCUT2D eigenvalue weighted by Crippen LogP contribution is 2.13. The van der Waals surface area contributed by atoms with Crippen LogP contribution in [0.4, 0.5) is 11.5 Å². The third kappa shape index (κ3) is 6.48. The number of aromatic nitrogens is 2. The summed E-state index contributed by atoms with van der Waals surface area (Å²) in [6, 6.07) is 8.26. The van der Waals surface area contributed by atoms with Crippen LogP contribution in [-0.4, -0.2) is 78.9 Å². The zero-order valence-corrected chi connectivity index (χ0v) is 17.7. The van der Waals surface area contributed by atoms with Gasteiger partial charge in [0.2, 0.25) is 5.91 Å². The Morgan fingerprint density at radius 3 is 2.23 bits per heavy atom. The van der Waals surface area contributed by atoms with Gasteiger partial charge in [-0.1, -0.05) is 0 Å². The summed E-state index contributed by atoms with van der Waals surface area (Å²) in [5.74, 6) is -0.00811. The van der Waals surface area contributed by atoms with Crippen LogP contribution in [0.25, 0.3) is 0 Å². The molecule has 0 bridgehead atoms. The molecule has 0 unspecified atom stereocenters. The fourth-order valence-electron chi connectivity index (χ4n) is 3.13. The van der Waals surface area contributed by atoms with Gasteiger partial charge in [-0.3, -0.25) is 14.4 Å². The van der Waals surface area contributed by atoms with Crippen molar-refractivity contribution in [3.05, 3.63) is 47.9 Å². The molecule has 1 aliphatic heterocycles. The molecule has 31 heavy (non-hydrogen) atoms. The highest BCUT2D eigenvalue weighted by molar-refractivity contribution is 5.95. The number of hydrogen-bond donors (Lipinski definition) is 3. The lowest BCUT2D eigenvalue weighted by Crippen LogP contribution is -2.45. The first-order valence-electron chi connectivity index (χ1n) is 10.1. The fourth-order valence-corrected chi connectivity index (χ4v) is 3.13. The Morgan fingerprint density at radius 1 is 0.935 bits per heavy atom. The van der Waals surface area contributed by atoms with Crippen LogP contribution in [0.3, 0.4) is 0 Å². The number of nitrogens with one attached hydrogen (secondary N) is 3. The van der Waals surface area contributed by atoms with Gasteiger partial charge >= 0.3 is 0 Å². The quantitative estimate of drug-likeness (QED) is 0.548. The highest BCUT2D eigenvalue weighted by Gasteiger charge is 2.17. The van der Waals surface area contributed by atoms with Crippen molar-refractivity contribution in [1.29, 1.82) is 0 Å². The zero-order valence-electron chi connectivity index (χ0n) is 17.7. The van der Waals surface area contributed by atoms with Crippen molar-refractivity contribution < 1.29 is 14.4 Å². The Balaban J connectivity index is 1.44. The van der Waals surface area contributed by atoms with Gasteiger partial charge in [0.25, 0.3) is 11.8 Å². The highest BCUT2D eigenvalue weighted by atomic mass is 16.2. The first-order chi connectivity index (χ1) is 14.9. The van der Waals surface area contributed by atoms with E-state index in [4.69, 9.17) is 0 Å². The lowest BCUT2D eigenvalue weighted by atomic mass is 10.2. The average molecular weight is 425 g/mol. The van der Waals surface area contributed by atoms with Crippen molar-refractivity contribution in [1.82, 2.24) is 25.5 Å². The summed E-state index contributed by atoms with van der Waals surface area (Å²) in [5.41, 5.74) is 1.38. The van der Waals surface area contributed by atoms with Crippen LogP contribution in [0.15, 0.2) is 36.7 Å². The molecule has 0 atom stereocenters. The maximum absolute atomic E-state index is 12.4. The monoisotopic (exact) mass is 425 g/mol. The van der Waals surface area contributed by atoms with E-state index in [1.807, 2.05) is 0 Å². The maximum atomic E-state index is 12.4. The molecule has 3 amide bonds. The molecule has 10 nitrogen and oxygen atoms in total. The smallest absolute Gasteiger partial charge is 0.270 e. The second-order valence-corrected chi connectivity index (χ2v) is 7.32. The van der Waals surface area contributed by atoms with E-state index in [0.29, 0.717) is 16.9 Å². The molecule has 1 aliphatic rings. The van der Waals surface area contributed by atoms with Gasteiger partial charge < -0.3 is 25.8 Å². The van der Waals surface area contributed by atoms with Crippen LogP contribution in [0.1, 0.15) is 27.8 Å². The molecule has 0 radical (unpaired) electrons. The minimum absolute atomic E-state index is 0.174. The summed E-state index contributed by atoms with van der Waals surface area (Å²) in [4.78, 5) is 48.4. The molecule has 1 aromatic carbocycles. The van der Waals surface area contributed by atoms with Crippen molar-refractivity contribution in [2.75, 3.05) is 56.5 Å². The van der Waals surface area contributed by atoms with E-state index in [9.17, 15) is 14.4 Å². The number of carbonyl (C=O) groups excluding carboxylic acids is 3. The Kier molecular flexibility index (Phi) is 7.50. The van der Waals surface area contributed by atoms with Crippen molar-refractivity contribution >= 4 is 29.2 Å². The molecule has 10 heteroatoms. The van der Waals surface area contributed by atoms with Gasteiger partial charge in [-0.05, 0) is 31.3 Å². The number of hydrogen-bond acceptors (Lipinski definition) is 7. The second kappa shape index (κ2) is 10.5. The first kappa shape index (κ1) is 22.2. The van der Waals surface area contributed by atoms with Crippen molar-refractivity contribution in [3.63, 3.8) is 0 Å². The number of benzene rings is 1. The predicted molar refractivity (Wildman–Crippen MR) is 117 cm³/mol. The topological polar surface area (TPSA) is 120 Å². The summed E-state index contributed by atoms with van der Waals surface area (Å²) in [6.07, 6.45) is 1.40. The molecule has 0 saturated carbocycles. The molecule has 3 N–H and O–H groups in total. The van der Waals surface area contributed by atoms with Crippen molar-refractivity contribution in [2.24, 2.45) is 0 Å². The van der Waals surface area contributed by atoms with Crippen molar-refractivity contribution in [3.8, 4) is 0 Å². The number of rotatable bonds is 7. The third-order valence-corrected chi connectivity index (χ3v) is 4.88. The number of nitrogens with zero attached hydrogens (tertiary/aromatic N) is 4. The maximum Gasteiger partial charge on any atom is 0.270 e. The van der Waals surface area contributed by atoms with Crippen LogP contribution < -0.4 is 20.9 Å². The zero-order chi connectivity index (χ0) is 22.2. The Morgan fingerprint density at radius 2 is 1.58 bits per heavy atom. The molecule has 0 aliphatic carbocycles. The molecule has 1 saturated heterocycles. The van der Waals surface area contributed by atoms with E-state index in [-0.39, 0.29) is 30.8 Å². The molecular formula is C21H27N7O3. The molecule has 1 fully saturated rings. The van der Waals surface area contributed by atoms with E-state index in [2.05, 4.69) is 42.8 Å². The fraction of sp³-hybridized carbons (Fsp3) is 0.381. The average Bonchev–Trinajstić information content (AvgIpc) is 2.77. The lowest BCUT2D eigenvalue weighted by molar-refractivity contribution is -0.114. The normalized spacial score (nSPS) is 14.1.